The maximum atomic E-state index is 12.9. The number of hydrogen-bond acceptors (Lipinski definition) is 3. The Kier molecular flexibility index (Phi) is 3.15. The van der Waals surface area contributed by atoms with E-state index in [4.69, 9.17) is 4.74 Å². The van der Waals surface area contributed by atoms with Gasteiger partial charge in [0.15, 0.2) is 0 Å². The lowest BCUT2D eigenvalue weighted by molar-refractivity contribution is -0.148. The number of benzene rings is 1. The number of nitrogens with one attached hydrogen (secondary N) is 1. The van der Waals surface area contributed by atoms with Crippen molar-refractivity contribution < 1.29 is 13.9 Å². The summed E-state index contributed by atoms with van der Waals surface area (Å²) in [5, 5.41) is 3.26. The minimum atomic E-state index is -0.899. The largest absolute Gasteiger partial charge is 0.467 e. The molecule has 0 aliphatic heterocycles. The molecule has 1 unspecified atom stereocenters. The van der Waals surface area contributed by atoms with Gasteiger partial charge in [-0.15, -0.1) is 0 Å². The fourth-order valence-electron chi connectivity index (χ4n) is 1.88. The number of carbonyl (C=O) groups is 1. The lowest BCUT2D eigenvalue weighted by Crippen LogP contribution is -2.48. The summed E-state index contributed by atoms with van der Waals surface area (Å²) in [7, 11) is 1.36. The van der Waals surface area contributed by atoms with Crippen LogP contribution in [0.4, 0.5) is 4.39 Å². The maximum Gasteiger partial charge on any atom is 0.330 e. The van der Waals surface area contributed by atoms with E-state index in [1.807, 2.05) is 0 Å². The molecular weight excluding hydrogens is 221 g/mol. The molecule has 0 saturated heterocycles. The Morgan fingerprint density at radius 3 is 2.47 bits per heavy atom. The lowest BCUT2D eigenvalue weighted by Gasteiger charge is -2.28. The van der Waals surface area contributed by atoms with E-state index in [0.717, 1.165) is 18.4 Å². The van der Waals surface area contributed by atoms with Crippen LogP contribution in [0, 0.1) is 5.82 Å². The molecule has 0 radical (unpaired) electrons. The van der Waals surface area contributed by atoms with Gasteiger partial charge in [0.25, 0.3) is 0 Å². The molecule has 1 saturated carbocycles. The Hall–Kier alpha value is -1.42. The molecule has 0 spiro atoms. The molecule has 3 nitrogen and oxygen atoms in total. The van der Waals surface area contributed by atoms with Crippen molar-refractivity contribution >= 4 is 5.97 Å². The number of ether oxygens (including phenoxy) is 1. The third-order valence-electron chi connectivity index (χ3n) is 3.09. The van der Waals surface area contributed by atoms with Gasteiger partial charge in [0.05, 0.1) is 7.11 Å². The summed E-state index contributed by atoms with van der Waals surface area (Å²) < 4.78 is 17.7. The molecule has 0 heterocycles. The first-order valence-corrected chi connectivity index (χ1v) is 5.68. The Morgan fingerprint density at radius 2 is 2.00 bits per heavy atom. The highest BCUT2D eigenvalue weighted by Crippen LogP contribution is 2.29. The maximum absolute atomic E-state index is 12.9. The van der Waals surface area contributed by atoms with E-state index in [1.165, 1.54) is 19.2 Å². The van der Waals surface area contributed by atoms with Crippen LogP contribution in [0.5, 0.6) is 0 Å². The smallest absolute Gasteiger partial charge is 0.330 e. The molecule has 1 atom stereocenters. The van der Waals surface area contributed by atoms with Crippen molar-refractivity contribution in [3.05, 3.63) is 35.6 Å². The van der Waals surface area contributed by atoms with Crippen LogP contribution in [-0.2, 0) is 15.1 Å². The van der Waals surface area contributed by atoms with Gasteiger partial charge in [-0.2, -0.15) is 0 Å². The van der Waals surface area contributed by atoms with Crippen LogP contribution in [0.2, 0.25) is 0 Å². The highest BCUT2D eigenvalue weighted by Gasteiger charge is 2.40. The van der Waals surface area contributed by atoms with Crippen molar-refractivity contribution in [3.8, 4) is 0 Å². The molecule has 1 N–H and O–H groups in total. The van der Waals surface area contributed by atoms with Gasteiger partial charge in [0.1, 0.15) is 11.4 Å². The van der Waals surface area contributed by atoms with Crippen molar-refractivity contribution in [2.24, 2.45) is 0 Å². The number of hydrogen-bond donors (Lipinski definition) is 1. The fourth-order valence-corrected chi connectivity index (χ4v) is 1.88. The van der Waals surface area contributed by atoms with Gasteiger partial charge in [-0.3, -0.25) is 5.32 Å². The SMILES string of the molecule is COC(=O)C(C)(NC1CC1)c1ccc(F)cc1. The number of halogens is 1. The first-order valence-electron chi connectivity index (χ1n) is 5.68. The number of esters is 1. The van der Waals surface area contributed by atoms with Gasteiger partial charge in [-0.05, 0) is 37.5 Å². The molecular formula is C13H16FNO2. The van der Waals surface area contributed by atoms with Crippen LogP contribution in [0.15, 0.2) is 24.3 Å². The van der Waals surface area contributed by atoms with E-state index >= 15 is 0 Å². The number of rotatable bonds is 4. The molecule has 92 valence electrons. The van der Waals surface area contributed by atoms with Gasteiger partial charge < -0.3 is 4.74 Å². The Labute approximate surface area is 100.0 Å². The average molecular weight is 237 g/mol. The molecule has 0 aromatic heterocycles. The van der Waals surface area contributed by atoms with E-state index in [9.17, 15) is 9.18 Å². The van der Waals surface area contributed by atoms with Crippen LogP contribution in [0.1, 0.15) is 25.3 Å². The standard InChI is InChI=1S/C13H16FNO2/c1-13(12(16)17-2,15-11-7-8-11)9-3-5-10(14)6-4-9/h3-6,11,15H,7-8H2,1-2H3. The number of methoxy groups -OCH3 is 1. The fraction of sp³-hybridized carbons (Fsp3) is 0.462. The molecule has 1 aromatic carbocycles. The lowest BCUT2D eigenvalue weighted by atomic mass is 9.92. The Balaban J connectivity index is 2.30. The molecule has 1 aliphatic rings. The first-order chi connectivity index (χ1) is 8.06. The summed E-state index contributed by atoms with van der Waals surface area (Å²) >= 11 is 0. The van der Waals surface area contributed by atoms with E-state index in [-0.39, 0.29) is 11.8 Å². The zero-order valence-electron chi connectivity index (χ0n) is 10.00. The van der Waals surface area contributed by atoms with Gasteiger partial charge in [0, 0.05) is 6.04 Å². The van der Waals surface area contributed by atoms with Crippen LogP contribution < -0.4 is 5.32 Å². The summed E-state index contributed by atoms with van der Waals surface area (Å²) in [6.07, 6.45) is 2.13. The zero-order valence-corrected chi connectivity index (χ0v) is 10.00. The van der Waals surface area contributed by atoms with E-state index in [2.05, 4.69) is 5.32 Å². The minimum Gasteiger partial charge on any atom is -0.467 e. The molecule has 2 rings (SSSR count). The third-order valence-corrected chi connectivity index (χ3v) is 3.09. The third kappa shape index (κ3) is 2.47. The van der Waals surface area contributed by atoms with Crippen LogP contribution in [0.25, 0.3) is 0 Å². The molecule has 1 aliphatic carbocycles. The van der Waals surface area contributed by atoms with Crippen molar-refractivity contribution in [1.82, 2.24) is 5.32 Å². The highest BCUT2D eigenvalue weighted by molar-refractivity contribution is 5.82. The molecule has 1 fully saturated rings. The second-order valence-electron chi connectivity index (χ2n) is 4.54. The predicted molar refractivity (Wildman–Crippen MR) is 61.9 cm³/mol. The van der Waals surface area contributed by atoms with Crippen LogP contribution in [0.3, 0.4) is 0 Å². The van der Waals surface area contributed by atoms with Gasteiger partial charge in [-0.1, -0.05) is 12.1 Å². The van der Waals surface area contributed by atoms with E-state index < -0.39 is 5.54 Å². The van der Waals surface area contributed by atoms with Gasteiger partial charge in [0.2, 0.25) is 0 Å². The van der Waals surface area contributed by atoms with Gasteiger partial charge >= 0.3 is 5.97 Å². The quantitative estimate of drug-likeness (QED) is 0.814. The summed E-state index contributed by atoms with van der Waals surface area (Å²) in [4.78, 5) is 11.9. The summed E-state index contributed by atoms with van der Waals surface area (Å²) in [5.41, 5.74) is -0.179. The van der Waals surface area contributed by atoms with Crippen LogP contribution in [-0.4, -0.2) is 19.1 Å². The summed E-state index contributed by atoms with van der Waals surface area (Å²) in [6, 6.07) is 6.28. The topological polar surface area (TPSA) is 38.3 Å². The summed E-state index contributed by atoms with van der Waals surface area (Å²) in [5.74, 6) is -0.664. The Morgan fingerprint density at radius 1 is 1.41 bits per heavy atom. The second-order valence-corrected chi connectivity index (χ2v) is 4.54. The monoisotopic (exact) mass is 237 g/mol. The Bertz CT molecular complexity index is 414. The molecule has 0 amide bonds. The average Bonchev–Trinajstić information content (AvgIpc) is 3.12. The first kappa shape index (κ1) is 12.0. The zero-order chi connectivity index (χ0) is 12.5. The molecule has 4 heteroatoms. The van der Waals surface area contributed by atoms with Crippen molar-refractivity contribution in [2.75, 3.05) is 7.11 Å². The van der Waals surface area contributed by atoms with Gasteiger partial charge in [-0.25, -0.2) is 9.18 Å². The van der Waals surface area contributed by atoms with Crippen LogP contribution >= 0.6 is 0 Å². The predicted octanol–water partition coefficient (Wildman–Crippen LogP) is 1.97. The summed E-state index contributed by atoms with van der Waals surface area (Å²) in [6.45, 7) is 1.77. The van der Waals surface area contributed by atoms with E-state index in [0.29, 0.717) is 6.04 Å². The minimum absolute atomic E-state index is 0.313. The normalized spacial score (nSPS) is 18.5. The van der Waals surface area contributed by atoms with Crippen molar-refractivity contribution in [1.29, 1.82) is 0 Å². The van der Waals surface area contributed by atoms with Crippen molar-refractivity contribution in [3.63, 3.8) is 0 Å². The van der Waals surface area contributed by atoms with Crippen molar-refractivity contribution in [2.45, 2.75) is 31.3 Å². The van der Waals surface area contributed by atoms with E-state index in [1.54, 1.807) is 19.1 Å². The molecule has 1 aromatic rings. The second kappa shape index (κ2) is 4.45. The number of carbonyl (C=O) groups excluding carboxylic acids is 1. The molecule has 0 bridgehead atoms. The highest BCUT2D eigenvalue weighted by atomic mass is 19.1. The molecule has 17 heavy (non-hydrogen) atoms.